The third kappa shape index (κ3) is 3.44. The first kappa shape index (κ1) is 18.7. The van der Waals surface area contributed by atoms with Crippen LogP contribution >= 0.6 is 0 Å². The molecule has 0 saturated heterocycles. The van der Waals surface area contributed by atoms with Crippen LogP contribution in [0.2, 0.25) is 0 Å². The van der Waals surface area contributed by atoms with Gasteiger partial charge in [0.2, 0.25) is 6.79 Å². The number of hydrogen-bond acceptors (Lipinski definition) is 8. The molecule has 0 unspecified atom stereocenters. The summed E-state index contributed by atoms with van der Waals surface area (Å²) in [4.78, 5) is 24.1. The number of methoxy groups -OCH3 is 1. The van der Waals surface area contributed by atoms with Gasteiger partial charge in [0.05, 0.1) is 12.7 Å². The van der Waals surface area contributed by atoms with Crippen LogP contribution in [0.5, 0.6) is 23.0 Å². The van der Waals surface area contributed by atoms with Crippen molar-refractivity contribution < 1.29 is 38.4 Å². The fraction of sp³-hybridized carbons (Fsp3) is 0.238. The van der Waals surface area contributed by atoms with Crippen LogP contribution in [0.4, 0.5) is 0 Å². The minimum Gasteiger partial charge on any atom is -0.508 e. The molecule has 1 atom stereocenters. The third-order valence-corrected chi connectivity index (χ3v) is 4.68. The highest BCUT2D eigenvalue weighted by molar-refractivity contribution is 5.94. The predicted octanol–water partition coefficient (Wildman–Crippen LogP) is 2.85. The maximum atomic E-state index is 12.4. The molecular formula is C21H18O8. The molecule has 0 aliphatic carbocycles. The zero-order valence-electron chi connectivity index (χ0n) is 15.8. The van der Waals surface area contributed by atoms with E-state index in [1.807, 2.05) is 0 Å². The number of carbonyl (C=O) groups is 2. The van der Waals surface area contributed by atoms with E-state index in [1.54, 1.807) is 37.4 Å². The van der Waals surface area contributed by atoms with E-state index in [9.17, 15) is 14.7 Å². The first-order chi connectivity index (χ1) is 14.0. The first-order valence-electron chi connectivity index (χ1n) is 8.83. The second-order valence-corrected chi connectivity index (χ2v) is 6.48. The second-order valence-electron chi connectivity index (χ2n) is 6.48. The van der Waals surface area contributed by atoms with Gasteiger partial charge < -0.3 is 28.8 Å². The van der Waals surface area contributed by atoms with Gasteiger partial charge in [0, 0.05) is 24.5 Å². The lowest BCUT2D eigenvalue weighted by molar-refractivity contribution is -0.136. The summed E-state index contributed by atoms with van der Waals surface area (Å²) in [5, 5.41) is 10.4. The largest absolute Gasteiger partial charge is 0.508 e. The van der Waals surface area contributed by atoms with Gasteiger partial charge in [-0.05, 0) is 23.8 Å². The Morgan fingerprint density at radius 1 is 1.10 bits per heavy atom. The van der Waals surface area contributed by atoms with E-state index in [0.29, 0.717) is 28.4 Å². The van der Waals surface area contributed by atoms with Crippen LogP contribution in [0.3, 0.4) is 0 Å². The Morgan fingerprint density at radius 3 is 2.38 bits per heavy atom. The molecule has 0 aromatic heterocycles. The van der Waals surface area contributed by atoms with Gasteiger partial charge in [-0.2, -0.15) is 0 Å². The van der Waals surface area contributed by atoms with Gasteiger partial charge in [-0.3, -0.25) is 4.79 Å². The Bertz CT molecular complexity index is 1010. The molecule has 0 spiro atoms. The molecular weight excluding hydrogens is 380 g/mol. The fourth-order valence-electron chi connectivity index (χ4n) is 3.40. The molecule has 0 bridgehead atoms. The molecule has 29 heavy (non-hydrogen) atoms. The number of aliphatic hydroxyl groups is 1. The molecule has 4 rings (SSSR count). The highest BCUT2D eigenvalue weighted by Gasteiger charge is 2.37. The molecule has 0 radical (unpaired) electrons. The second kappa shape index (κ2) is 7.38. The standard InChI is InChI=1S/C21H18O8/c1-11(22)29-16-8-18-17(27-10-28-18)7-14(16)19(20-15(23)9-26-21(20)24)12-3-5-13(25-2)6-4-12/h3-8,19,23H,9-10H2,1-2H3/t19-/m0/s1. The Hall–Kier alpha value is -3.68. The number of hydrogen-bond donors (Lipinski definition) is 1. The van der Waals surface area contributed by atoms with Crippen LogP contribution in [-0.4, -0.2) is 37.6 Å². The number of cyclic esters (lactones) is 1. The lowest BCUT2D eigenvalue weighted by Gasteiger charge is -2.21. The smallest absolute Gasteiger partial charge is 0.338 e. The number of benzene rings is 2. The van der Waals surface area contributed by atoms with E-state index in [2.05, 4.69) is 0 Å². The molecule has 1 N–H and O–H groups in total. The van der Waals surface area contributed by atoms with Crippen molar-refractivity contribution >= 4 is 11.9 Å². The van der Waals surface area contributed by atoms with E-state index in [0.717, 1.165) is 0 Å². The summed E-state index contributed by atoms with van der Waals surface area (Å²) in [6.45, 7) is 1.09. The number of carbonyl (C=O) groups excluding carboxylic acids is 2. The zero-order valence-corrected chi connectivity index (χ0v) is 15.8. The Balaban J connectivity index is 1.92. The normalized spacial score (nSPS) is 15.9. The number of esters is 2. The topological polar surface area (TPSA) is 101 Å². The van der Waals surface area contributed by atoms with Crippen molar-refractivity contribution in [1.82, 2.24) is 0 Å². The average Bonchev–Trinajstić information content (AvgIpc) is 3.29. The quantitative estimate of drug-likeness (QED) is 0.606. The van der Waals surface area contributed by atoms with Gasteiger partial charge in [0.15, 0.2) is 11.5 Å². The molecule has 8 heteroatoms. The van der Waals surface area contributed by atoms with E-state index in [-0.39, 0.29) is 30.5 Å². The van der Waals surface area contributed by atoms with Crippen molar-refractivity contribution in [3.63, 3.8) is 0 Å². The van der Waals surface area contributed by atoms with E-state index < -0.39 is 17.9 Å². The lowest BCUT2D eigenvalue weighted by atomic mass is 9.83. The van der Waals surface area contributed by atoms with Crippen LogP contribution in [0, 0.1) is 0 Å². The summed E-state index contributed by atoms with van der Waals surface area (Å²) >= 11 is 0. The molecule has 2 aliphatic rings. The van der Waals surface area contributed by atoms with Crippen molar-refractivity contribution in [3.8, 4) is 23.0 Å². The maximum absolute atomic E-state index is 12.4. The molecule has 2 aromatic rings. The third-order valence-electron chi connectivity index (χ3n) is 4.68. The SMILES string of the molecule is COc1ccc([C@H](C2=C(O)COC2=O)c2cc3c(cc2OC(C)=O)OCO3)cc1. The summed E-state index contributed by atoms with van der Waals surface area (Å²) in [5.74, 6) is -0.428. The number of ether oxygens (including phenoxy) is 5. The average molecular weight is 398 g/mol. The summed E-state index contributed by atoms with van der Waals surface area (Å²) in [7, 11) is 1.55. The van der Waals surface area contributed by atoms with E-state index >= 15 is 0 Å². The molecule has 0 saturated carbocycles. The van der Waals surface area contributed by atoms with Gasteiger partial charge in [-0.1, -0.05) is 12.1 Å². The zero-order chi connectivity index (χ0) is 20.5. The first-order valence-corrected chi connectivity index (χ1v) is 8.83. The highest BCUT2D eigenvalue weighted by atomic mass is 16.7. The molecule has 150 valence electrons. The molecule has 0 fully saturated rings. The Labute approximate surface area is 166 Å². The summed E-state index contributed by atoms with van der Waals surface area (Å²) < 4.78 is 26.4. The highest BCUT2D eigenvalue weighted by Crippen LogP contribution is 2.46. The monoisotopic (exact) mass is 398 g/mol. The van der Waals surface area contributed by atoms with Crippen LogP contribution in [0.15, 0.2) is 47.7 Å². The number of fused-ring (bicyclic) bond motifs is 1. The van der Waals surface area contributed by atoms with Gasteiger partial charge >= 0.3 is 11.9 Å². The minimum atomic E-state index is -0.764. The van der Waals surface area contributed by atoms with Crippen molar-refractivity contribution in [2.75, 3.05) is 20.5 Å². The molecule has 2 aromatic carbocycles. The molecule has 0 amide bonds. The maximum Gasteiger partial charge on any atom is 0.338 e. The van der Waals surface area contributed by atoms with Gasteiger partial charge in [-0.25, -0.2) is 4.79 Å². The minimum absolute atomic E-state index is 0.0293. The van der Waals surface area contributed by atoms with Crippen LogP contribution < -0.4 is 18.9 Å². The number of rotatable bonds is 5. The van der Waals surface area contributed by atoms with Crippen molar-refractivity contribution in [1.29, 1.82) is 0 Å². The summed E-state index contributed by atoms with van der Waals surface area (Å²) in [5.41, 5.74) is 1.19. The van der Waals surface area contributed by atoms with Gasteiger partial charge in [-0.15, -0.1) is 0 Å². The summed E-state index contributed by atoms with van der Waals surface area (Å²) in [6.07, 6.45) is 0. The van der Waals surface area contributed by atoms with Crippen molar-refractivity contribution in [2.45, 2.75) is 12.8 Å². The van der Waals surface area contributed by atoms with Crippen molar-refractivity contribution in [3.05, 3.63) is 58.9 Å². The molecule has 2 heterocycles. The lowest BCUT2D eigenvalue weighted by Crippen LogP contribution is -2.14. The van der Waals surface area contributed by atoms with Gasteiger partial charge in [0.1, 0.15) is 23.9 Å². The Morgan fingerprint density at radius 2 is 1.79 bits per heavy atom. The molecule has 2 aliphatic heterocycles. The summed E-state index contributed by atoms with van der Waals surface area (Å²) in [6, 6.07) is 10.2. The fourth-order valence-corrected chi connectivity index (χ4v) is 3.40. The Kier molecular flexibility index (Phi) is 4.75. The molecule has 8 nitrogen and oxygen atoms in total. The van der Waals surface area contributed by atoms with E-state index in [4.69, 9.17) is 23.7 Å². The van der Waals surface area contributed by atoms with Crippen LogP contribution in [-0.2, 0) is 14.3 Å². The van der Waals surface area contributed by atoms with Crippen LogP contribution in [0.1, 0.15) is 24.0 Å². The van der Waals surface area contributed by atoms with Gasteiger partial charge in [0.25, 0.3) is 0 Å². The number of aliphatic hydroxyl groups excluding tert-OH is 1. The van der Waals surface area contributed by atoms with Crippen LogP contribution in [0.25, 0.3) is 0 Å². The predicted molar refractivity (Wildman–Crippen MR) is 99.3 cm³/mol. The van der Waals surface area contributed by atoms with Crippen molar-refractivity contribution in [2.24, 2.45) is 0 Å². The van der Waals surface area contributed by atoms with E-state index in [1.165, 1.54) is 13.0 Å².